The molecule has 0 heterocycles. The number of nitrogens with one attached hydrogen (secondary N) is 1. The highest BCUT2D eigenvalue weighted by molar-refractivity contribution is 4.90. The topological polar surface area (TPSA) is 41.3 Å². The molecule has 0 unspecified atom stereocenters. The van der Waals surface area contributed by atoms with Gasteiger partial charge in [-0.25, -0.2) is 0 Å². The van der Waals surface area contributed by atoms with Gasteiger partial charge in [-0.15, -0.1) is 0 Å². The molecule has 0 aromatic carbocycles. The Balaban J connectivity index is 2.39. The fourth-order valence-electron chi connectivity index (χ4n) is 2.58. The molecule has 1 saturated carbocycles. The summed E-state index contributed by atoms with van der Waals surface area (Å²) in [7, 11) is 4.24. The number of likely N-dealkylation sites (N-methyl/N-ethyl adjacent to an activating group) is 1. The van der Waals surface area contributed by atoms with E-state index in [0.29, 0.717) is 0 Å². The van der Waals surface area contributed by atoms with Gasteiger partial charge in [-0.05, 0) is 26.9 Å². The minimum absolute atomic E-state index is 0.233. The first-order valence-corrected chi connectivity index (χ1v) is 6.78. The Hall–Kier alpha value is -0.120. The molecule has 0 radical (unpaired) electrons. The van der Waals surface area contributed by atoms with Crippen LogP contribution in [0, 0.1) is 0 Å². The van der Waals surface area contributed by atoms with Crippen LogP contribution in [0.4, 0.5) is 0 Å². The summed E-state index contributed by atoms with van der Waals surface area (Å²) in [6.45, 7) is 2.95. The van der Waals surface area contributed by atoms with E-state index in [1.54, 1.807) is 0 Å². The number of hydrogen-bond donors (Lipinski definition) is 2. The summed E-state index contributed by atoms with van der Waals surface area (Å²) in [4.78, 5) is 2.22. The minimum atomic E-state index is 0.233. The number of nitrogens with two attached hydrogens (primary N) is 1. The second-order valence-electron chi connectivity index (χ2n) is 5.48. The van der Waals surface area contributed by atoms with Gasteiger partial charge in [0.2, 0.25) is 0 Å². The van der Waals surface area contributed by atoms with E-state index in [2.05, 4.69) is 24.3 Å². The minimum Gasteiger partial charge on any atom is -0.329 e. The third kappa shape index (κ3) is 4.81. The van der Waals surface area contributed by atoms with Gasteiger partial charge in [-0.3, -0.25) is 0 Å². The molecule has 1 rings (SSSR count). The van der Waals surface area contributed by atoms with Gasteiger partial charge in [0, 0.05) is 25.2 Å². The predicted octanol–water partition coefficient (Wildman–Crippen LogP) is 1.58. The maximum absolute atomic E-state index is 6.00. The molecule has 3 nitrogen and oxygen atoms in total. The standard InChI is InChI=1S/C13H29N3/c1-16(2)11-10-15-13(12-14)8-6-4-3-5-7-9-13/h15H,3-12,14H2,1-2H3. The summed E-state index contributed by atoms with van der Waals surface area (Å²) in [5.41, 5.74) is 6.23. The Kier molecular flexibility index (Phi) is 6.32. The Bertz CT molecular complexity index is 172. The van der Waals surface area contributed by atoms with Crippen molar-refractivity contribution in [3.63, 3.8) is 0 Å². The quantitative estimate of drug-likeness (QED) is 0.749. The maximum atomic E-state index is 6.00. The van der Waals surface area contributed by atoms with E-state index < -0.39 is 0 Å². The molecule has 1 aliphatic rings. The highest BCUT2D eigenvalue weighted by atomic mass is 15.1. The van der Waals surface area contributed by atoms with Crippen LogP contribution in [0.3, 0.4) is 0 Å². The lowest BCUT2D eigenvalue weighted by atomic mass is 9.84. The van der Waals surface area contributed by atoms with Crippen LogP contribution < -0.4 is 11.1 Å². The zero-order valence-electron chi connectivity index (χ0n) is 11.1. The van der Waals surface area contributed by atoms with Crippen LogP contribution in [0.1, 0.15) is 44.9 Å². The van der Waals surface area contributed by atoms with Crippen molar-refractivity contribution in [2.45, 2.75) is 50.5 Å². The lowest BCUT2D eigenvalue weighted by molar-refractivity contribution is 0.246. The van der Waals surface area contributed by atoms with Crippen molar-refractivity contribution in [2.75, 3.05) is 33.7 Å². The zero-order valence-corrected chi connectivity index (χ0v) is 11.1. The van der Waals surface area contributed by atoms with Gasteiger partial charge in [0.25, 0.3) is 0 Å². The highest BCUT2D eigenvalue weighted by Gasteiger charge is 2.27. The van der Waals surface area contributed by atoms with Gasteiger partial charge in [0.05, 0.1) is 0 Å². The first kappa shape index (κ1) is 13.9. The van der Waals surface area contributed by atoms with E-state index in [9.17, 15) is 0 Å². The van der Waals surface area contributed by atoms with Crippen LogP contribution in [0.5, 0.6) is 0 Å². The average molecular weight is 227 g/mol. The van der Waals surface area contributed by atoms with Gasteiger partial charge in [0.15, 0.2) is 0 Å². The van der Waals surface area contributed by atoms with Crippen LogP contribution in [0.2, 0.25) is 0 Å². The molecule has 0 aliphatic heterocycles. The van der Waals surface area contributed by atoms with Gasteiger partial charge >= 0.3 is 0 Å². The van der Waals surface area contributed by atoms with Crippen LogP contribution in [0.15, 0.2) is 0 Å². The van der Waals surface area contributed by atoms with Gasteiger partial charge in [-0.1, -0.05) is 32.1 Å². The van der Waals surface area contributed by atoms with Crippen molar-refractivity contribution in [1.29, 1.82) is 0 Å². The molecule has 0 spiro atoms. The monoisotopic (exact) mass is 227 g/mol. The van der Waals surface area contributed by atoms with Gasteiger partial charge in [0.1, 0.15) is 0 Å². The molecule has 0 saturated heterocycles. The fraction of sp³-hybridized carbons (Fsp3) is 1.00. The number of nitrogens with zero attached hydrogens (tertiary/aromatic N) is 1. The smallest absolute Gasteiger partial charge is 0.0304 e. The summed E-state index contributed by atoms with van der Waals surface area (Å²) in [6, 6.07) is 0. The molecule has 16 heavy (non-hydrogen) atoms. The van der Waals surface area contributed by atoms with Crippen molar-refractivity contribution in [2.24, 2.45) is 5.73 Å². The van der Waals surface area contributed by atoms with Crippen molar-refractivity contribution in [3.05, 3.63) is 0 Å². The third-order valence-electron chi connectivity index (χ3n) is 3.76. The van der Waals surface area contributed by atoms with Crippen molar-refractivity contribution < 1.29 is 0 Å². The predicted molar refractivity (Wildman–Crippen MR) is 70.7 cm³/mol. The second-order valence-corrected chi connectivity index (χ2v) is 5.48. The normalized spacial score (nSPS) is 21.8. The number of rotatable bonds is 5. The van der Waals surface area contributed by atoms with E-state index in [0.717, 1.165) is 19.6 Å². The molecule has 0 bridgehead atoms. The molecule has 3 N–H and O–H groups in total. The summed E-state index contributed by atoms with van der Waals surface area (Å²) in [6.07, 6.45) is 9.39. The van der Waals surface area contributed by atoms with Crippen molar-refractivity contribution in [3.8, 4) is 0 Å². The third-order valence-corrected chi connectivity index (χ3v) is 3.76. The summed E-state index contributed by atoms with van der Waals surface area (Å²) < 4.78 is 0. The van der Waals surface area contributed by atoms with E-state index in [4.69, 9.17) is 5.73 Å². The summed E-state index contributed by atoms with van der Waals surface area (Å²) >= 11 is 0. The Labute approximate surface area is 101 Å². The van der Waals surface area contributed by atoms with Gasteiger partial charge in [-0.2, -0.15) is 0 Å². The van der Waals surface area contributed by atoms with Crippen molar-refractivity contribution in [1.82, 2.24) is 10.2 Å². The SMILES string of the molecule is CN(C)CCNC1(CN)CCCCCCC1. The van der Waals surface area contributed by atoms with E-state index in [-0.39, 0.29) is 5.54 Å². The molecule has 96 valence electrons. The molecule has 1 fully saturated rings. The molecular formula is C13H29N3. The first-order chi connectivity index (χ1) is 7.68. The highest BCUT2D eigenvalue weighted by Crippen LogP contribution is 2.25. The van der Waals surface area contributed by atoms with Crippen LogP contribution >= 0.6 is 0 Å². The molecule has 0 atom stereocenters. The largest absolute Gasteiger partial charge is 0.329 e. The fourth-order valence-corrected chi connectivity index (χ4v) is 2.58. The molecule has 3 heteroatoms. The Morgan fingerprint density at radius 2 is 1.62 bits per heavy atom. The van der Waals surface area contributed by atoms with Crippen molar-refractivity contribution >= 4 is 0 Å². The zero-order chi connectivity index (χ0) is 11.9. The van der Waals surface area contributed by atoms with E-state index in [1.165, 1.54) is 44.9 Å². The van der Waals surface area contributed by atoms with Crippen LogP contribution in [-0.2, 0) is 0 Å². The molecule has 0 aromatic heterocycles. The Morgan fingerprint density at radius 3 is 2.12 bits per heavy atom. The first-order valence-electron chi connectivity index (χ1n) is 6.78. The lowest BCUT2D eigenvalue weighted by Gasteiger charge is -2.36. The van der Waals surface area contributed by atoms with E-state index >= 15 is 0 Å². The Morgan fingerprint density at radius 1 is 1.06 bits per heavy atom. The number of hydrogen-bond acceptors (Lipinski definition) is 3. The second kappa shape index (κ2) is 7.25. The maximum Gasteiger partial charge on any atom is 0.0304 e. The molecule has 1 aliphatic carbocycles. The molecule has 0 amide bonds. The summed E-state index contributed by atoms with van der Waals surface area (Å²) in [5, 5.41) is 3.72. The van der Waals surface area contributed by atoms with Gasteiger partial charge < -0.3 is 16.0 Å². The molecule has 0 aromatic rings. The lowest BCUT2D eigenvalue weighted by Crippen LogP contribution is -2.53. The average Bonchev–Trinajstić information content (AvgIpc) is 2.21. The van der Waals surface area contributed by atoms with Crippen LogP contribution in [0.25, 0.3) is 0 Å². The molecular weight excluding hydrogens is 198 g/mol. The summed E-state index contributed by atoms with van der Waals surface area (Å²) in [5.74, 6) is 0. The van der Waals surface area contributed by atoms with Crippen LogP contribution in [-0.4, -0.2) is 44.2 Å². The van der Waals surface area contributed by atoms with E-state index in [1.807, 2.05) is 0 Å².